The monoisotopic (exact) mass is 515 g/mol. The molecule has 184 valence electrons. The molecule has 0 spiro atoms. The molecule has 3 aromatic rings. The number of fused-ring (bicyclic) bond motifs is 1. The maximum atomic E-state index is 13.1. The fraction of sp³-hybridized carbons (Fsp3) is 0.320. The van der Waals surface area contributed by atoms with E-state index < -0.39 is 11.4 Å². The average molecular weight is 516 g/mol. The molecule has 4 rings (SSSR count). The number of nitrogens with one attached hydrogen (secondary N) is 2. The molecule has 0 fully saturated rings. The first-order chi connectivity index (χ1) is 16.6. The molecule has 2 aromatic carbocycles. The van der Waals surface area contributed by atoms with Gasteiger partial charge in [-0.3, -0.25) is 19.6 Å². The van der Waals surface area contributed by atoms with E-state index >= 15 is 0 Å². The number of halogens is 2. The number of aromatic nitrogens is 2. The highest BCUT2D eigenvalue weighted by atomic mass is 35.5. The molecule has 1 aliphatic heterocycles. The van der Waals surface area contributed by atoms with E-state index in [1.165, 1.54) is 7.11 Å². The molecule has 8 nitrogen and oxygen atoms in total. The van der Waals surface area contributed by atoms with Gasteiger partial charge in [-0.15, -0.1) is 0 Å². The van der Waals surface area contributed by atoms with Crippen molar-refractivity contribution in [1.29, 1.82) is 0 Å². The number of nitrogens with two attached hydrogens (primary N) is 1. The van der Waals surface area contributed by atoms with Gasteiger partial charge in [0.25, 0.3) is 5.91 Å². The number of methoxy groups -OCH3 is 1. The third kappa shape index (κ3) is 5.00. The quantitative estimate of drug-likeness (QED) is 0.312. The molecule has 0 saturated carbocycles. The number of nitrogens with zero attached hydrogens (tertiary/aromatic N) is 2. The van der Waals surface area contributed by atoms with E-state index in [0.717, 1.165) is 18.5 Å². The van der Waals surface area contributed by atoms with Gasteiger partial charge in [-0.05, 0) is 44.9 Å². The van der Waals surface area contributed by atoms with Gasteiger partial charge in [0.2, 0.25) is 0 Å². The van der Waals surface area contributed by atoms with Gasteiger partial charge in [0, 0.05) is 17.7 Å². The van der Waals surface area contributed by atoms with Gasteiger partial charge in [0.1, 0.15) is 5.54 Å². The van der Waals surface area contributed by atoms with Gasteiger partial charge in [-0.25, -0.2) is 0 Å². The molecule has 2 heterocycles. The van der Waals surface area contributed by atoms with Crippen molar-refractivity contribution < 1.29 is 14.3 Å². The first kappa shape index (κ1) is 25.0. The van der Waals surface area contributed by atoms with E-state index in [1.54, 1.807) is 48.9 Å². The number of nitrogen functional groups attached to an aromatic ring is 1. The van der Waals surface area contributed by atoms with Gasteiger partial charge in [0.05, 0.1) is 40.3 Å². The van der Waals surface area contributed by atoms with Crippen molar-refractivity contribution in [3.63, 3.8) is 0 Å². The Hall–Kier alpha value is -3.07. The van der Waals surface area contributed by atoms with Crippen LogP contribution in [0.25, 0.3) is 11.1 Å². The number of rotatable bonds is 6. The van der Waals surface area contributed by atoms with Crippen LogP contribution in [0.5, 0.6) is 0 Å². The number of ether oxygens (including phenoxy) is 1. The Morgan fingerprint density at radius 2 is 1.83 bits per heavy atom. The van der Waals surface area contributed by atoms with Crippen molar-refractivity contribution in [2.24, 2.45) is 0 Å². The summed E-state index contributed by atoms with van der Waals surface area (Å²) in [5.74, 6) is -0.752. The molecular formula is C25H27Cl2N5O3. The SMILES string of the molecule is COC(=O)C(C)(C)NC1CCCn2nc(C(=O)Nc3cccc(-c4cccc(N)c4Cl)c3Cl)cc21. The van der Waals surface area contributed by atoms with Crippen molar-refractivity contribution in [2.45, 2.75) is 44.8 Å². The lowest BCUT2D eigenvalue weighted by atomic mass is 9.98. The molecule has 0 aliphatic carbocycles. The molecule has 0 radical (unpaired) electrons. The lowest BCUT2D eigenvalue weighted by molar-refractivity contribution is -0.147. The van der Waals surface area contributed by atoms with Crippen molar-refractivity contribution in [3.05, 3.63) is 63.9 Å². The Morgan fingerprint density at radius 1 is 1.14 bits per heavy atom. The van der Waals surface area contributed by atoms with Crippen LogP contribution in [0, 0.1) is 0 Å². The number of aryl methyl sites for hydroxylation is 1. The molecule has 1 aromatic heterocycles. The maximum absolute atomic E-state index is 13.1. The fourth-order valence-corrected chi connectivity index (χ4v) is 4.77. The van der Waals surface area contributed by atoms with E-state index in [0.29, 0.717) is 39.1 Å². The van der Waals surface area contributed by atoms with Crippen LogP contribution in [0.1, 0.15) is 48.9 Å². The molecule has 0 bridgehead atoms. The number of carbonyl (C=O) groups excluding carboxylic acids is 2. The zero-order valence-electron chi connectivity index (χ0n) is 19.7. The summed E-state index contributed by atoms with van der Waals surface area (Å²) >= 11 is 13.0. The number of benzene rings is 2. The summed E-state index contributed by atoms with van der Waals surface area (Å²) in [7, 11) is 1.36. The first-order valence-corrected chi connectivity index (χ1v) is 12.0. The summed E-state index contributed by atoms with van der Waals surface area (Å²) in [6, 6.07) is 12.2. The van der Waals surface area contributed by atoms with E-state index in [2.05, 4.69) is 15.7 Å². The third-order valence-corrected chi connectivity index (χ3v) is 6.89. The number of hydrogen-bond donors (Lipinski definition) is 3. The third-order valence-electron chi connectivity index (χ3n) is 6.06. The van der Waals surface area contributed by atoms with E-state index in [-0.39, 0.29) is 17.7 Å². The Labute approximate surface area is 213 Å². The number of hydrogen-bond acceptors (Lipinski definition) is 6. The first-order valence-electron chi connectivity index (χ1n) is 11.2. The van der Waals surface area contributed by atoms with Gasteiger partial charge < -0.3 is 15.8 Å². The van der Waals surface area contributed by atoms with Crippen LogP contribution in [0.4, 0.5) is 11.4 Å². The molecule has 1 atom stereocenters. The normalized spacial score (nSPS) is 15.4. The average Bonchev–Trinajstić information content (AvgIpc) is 3.27. The van der Waals surface area contributed by atoms with Gasteiger partial charge >= 0.3 is 5.97 Å². The zero-order valence-corrected chi connectivity index (χ0v) is 21.2. The van der Waals surface area contributed by atoms with Crippen molar-refractivity contribution in [2.75, 3.05) is 18.2 Å². The smallest absolute Gasteiger partial charge is 0.325 e. The predicted octanol–water partition coefficient (Wildman–Crippen LogP) is 5.07. The molecule has 1 aliphatic rings. The molecule has 4 N–H and O–H groups in total. The van der Waals surface area contributed by atoms with Gasteiger partial charge in [-0.1, -0.05) is 47.5 Å². The molecule has 1 unspecified atom stereocenters. The Morgan fingerprint density at radius 3 is 2.54 bits per heavy atom. The highest BCUT2D eigenvalue weighted by molar-refractivity contribution is 6.39. The minimum absolute atomic E-state index is 0.149. The Balaban J connectivity index is 1.58. The minimum Gasteiger partial charge on any atom is -0.468 e. The summed E-state index contributed by atoms with van der Waals surface area (Å²) in [6.07, 6.45) is 1.67. The topological polar surface area (TPSA) is 111 Å². The number of esters is 1. The predicted molar refractivity (Wildman–Crippen MR) is 138 cm³/mol. The van der Waals surface area contributed by atoms with Gasteiger partial charge in [0.15, 0.2) is 5.69 Å². The van der Waals surface area contributed by atoms with Crippen LogP contribution in [0.15, 0.2) is 42.5 Å². The van der Waals surface area contributed by atoms with Crippen LogP contribution >= 0.6 is 23.2 Å². The fourth-order valence-electron chi connectivity index (χ4n) is 4.27. The second-order valence-corrected chi connectivity index (χ2v) is 9.72. The highest BCUT2D eigenvalue weighted by Crippen LogP contribution is 2.39. The Bertz CT molecular complexity index is 1290. The summed E-state index contributed by atoms with van der Waals surface area (Å²) in [6.45, 7) is 4.22. The maximum Gasteiger partial charge on any atom is 0.325 e. The van der Waals surface area contributed by atoms with Crippen molar-refractivity contribution in [3.8, 4) is 11.1 Å². The van der Waals surface area contributed by atoms with E-state index in [4.69, 9.17) is 33.7 Å². The van der Waals surface area contributed by atoms with Crippen LogP contribution in [0.2, 0.25) is 10.0 Å². The minimum atomic E-state index is -0.885. The lowest BCUT2D eigenvalue weighted by Gasteiger charge is -2.32. The largest absolute Gasteiger partial charge is 0.468 e. The summed E-state index contributed by atoms with van der Waals surface area (Å²) < 4.78 is 6.70. The van der Waals surface area contributed by atoms with Crippen LogP contribution < -0.4 is 16.4 Å². The molecule has 10 heteroatoms. The van der Waals surface area contributed by atoms with Crippen molar-refractivity contribution in [1.82, 2.24) is 15.1 Å². The molecule has 35 heavy (non-hydrogen) atoms. The number of carbonyl (C=O) groups is 2. The highest BCUT2D eigenvalue weighted by Gasteiger charge is 2.34. The van der Waals surface area contributed by atoms with Crippen LogP contribution in [-0.4, -0.2) is 34.3 Å². The van der Waals surface area contributed by atoms with Crippen LogP contribution in [0.3, 0.4) is 0 Å². The van der Waals surface area contributed by atoms with E-state index in [9.17, 15) is 9.59 Å². The standard InChI is InChI=1S/C25H27Cl2N5O3/c1-25(2,24(34)35-3)30-17-11-6-12-32-20(17)13-19(31-32)23(33)29-18-10-5-8-15(22(18)27)14-7-4-9-16(28)21(14)26/h4-5,7-10,13,17,30H,6,11-12,28H2,1-3H3,(H,29,33). The van der Waals surface area contributed by atoms with Gasteiger partial charge in [-0.2, -0.15) is 5.10 Å². The molecule has 0 saturated heterocycles. The van der Waals surface area contributed by atoms with Crippen LogP contribution in [-0.2, 0) is 16.1 Å². The number of amides is 1. The van der Waals surface area contributed by atoms with Crippen molar-refractivity contribution >= 4 is 46.5 Å². The second-order valence-electron chi connectivity index (χ2n) is 8.96. The zero-order chi connectivity index (χ0) is 25.3. The second kappa shape index (κ2) is 9.89. The summed E-state index contributed by atoms with van der Waals surface area (Å²) in [5, 5.41) is 11.4. The summed E-state index contributed by atoms with van der Waals surface area (Å²) in [5.41, 5.74) is 8.35. The summed E-state index contributed by atoms with van der Waals surface area (Å²) in [4.78, 5) is 25.3. The molecule has 1 amide bonds. The van der Waals surface area contributed by atoms with E-state index in [1.807, 2.05) is 12.1 Å². The lowest BCUT2D eigenvalue weighted by Crippen LogP contribution is -2.50. The number of anilines is 2. The molecular weight excluding hydrogens is 489 g/mol. The Kier molecular flexibility index (Phi) is 7.07.